The minimum Gasteiger partial charge on any atom is -0.385 e. The highest BCUT2D eigenvalue weighted by Crippen LogP contribution is 2.37. The van der Waals surface area contributed by atoms with E-state index in [4.69, 9.17) is 0 Å². The van der Waals surface area contributed by atoms with Gasteiger partial charge in [-0.1, -0.05) is 6.92 Å². The van der Waals surface area contributed by atoms with Crippen LogP contribution in [0.4, 0.5) is 14.5 Å². The Morgan fingerprint density at radius 3 is 2.33 bits per heavy atom. The lowest BCUT2D eigenvalue weighted by atomic mass is 10.3. The van der Waals surface area contributed by atoms with Crippen LogP contribution in [-0.2, 0) is 9.84 Å². The van der Waals surface area contributed by atoms with Gasteiger partial charge in [-0.2, -0.15) is 8.78 Å². The summed E-state index contributed by atoms with van der Waals surface area (Å²) in [5.41, 5.74) is 0.752. The van der Waals surface area contributed by atoms with E-state index in [9.17, 15) is 17.2 Å². The van der Waals surface area contributed by atoms with Crippen molar-refractivity contribution in [3.63, 3.8) is 0 Å². The first kappa shape index (κ1) is 13.3. The average Bonchev–Trinajstić information content (AvgIpc) is 3.03. The molecule has 100 valence electrons. The zero-order chi connectivity index (χ0) is 13.3. The van der Waals surface area contributed by atoms with Gasteiger partial charge in [0, 0.05) is 12.2 Å². The molecule has 6 heteroatoms. The Bertz CT molecular complexity index is 513. The number of nitrogens with one attached hydrogen (secondary N) is 1. The van der Waals surface area contributed by atoms with Crippen LogP contribution in [-0.4, -0.2) is 20.7 Å². The van der Waals surface area contributed by atoms with Crippen molar-refractivity contribution < 1.29 is 17.2 Å². The number of benzene rings is 1. The molecule has 1 fully saturated rings. The zero-order valence-corrected chi connectivity index (χ0v) is 10.8. The fourth-order valence-electron chi connectivity index (χ4n) is 1.80. The number of rotatable bonds is 5. The topological polar surface area (TPSA) is 46.2 Å². The standard InChI is InChI=1S/C12H15F2NO2S/c1-8-6-9(8)7-15-10-2-4-11(5-3-10)18(16,17)12(13)14/h2-5,8-9,12,15H,6-7H2,1H3. The minimum absolute atomic E-state index is 0.345. The first-order valence-electron chi connectivity index (χ1n) is 5.77. The van der Waals surface area contributed by atoms with Crippen molar-refractivity contribution in [3.05, 3.63) is 24.3 Å². The van der Waals surface area contributed by atoms with E-state index in [2.05, 4.69) is 12.2 Å². The van der Waals surface area contributed by atoms with Crippen LogP contribution in [0.1, 0.15) is 13.3 Å². The predicted octanol–water partition coefficient (Wildman–Crippen LogP) is 2.75. The molecule has 0 saturated heterocycles. The van der Waals surface area contributed by atoms with Crippen LogP contribution in [0.25, 0.3) is 0 Å². The maximum absolute atomic E-state index is 12.3. The van der Waals surface area contributed by atoms with Crippen molar-refractivity contribution in [2.24, 2.45) is 11.8 Å². The highest BCUT2D eigenvalue weighted by atomic mass is 32.2. The number of anilines is 1. The Hall–Kier alpha value is -1.17. The summed E-state index contributed by atoms with van der Waals surface area (Å²) in [4.78, 5) is -0.345. The number of hydrogen-bond donors (Lipinski definition) is 1. The van der Waals surface area contributed by atoms with Crippen LogP contribution >= 0.6 is 0 Å². The number of halogens is 2. The van der Waals surface area contributed by atoms with Gasteiger partial charge in [0.2, 0.25) is 9.84 Å². The Labute approximate surface area is 105 Å². The third-order valence-corrected chi connectivity index (χ3v) is 4.66. The Balaban J connectivity index is 2.01. The van der Waals surface area contributed by atoms with Crippen LogP contribution in [0.3, 0.4) is 0 Å². The van der Waals surface area contributed by atoms with Crippen molar-refractivity contribution >= 4 is 15.5 Å². The summed E-state index contributed by atoms with van der Waals surface area (Å²) >= 11 is 0. The highest BCUT2D eigenvalue weighted by molar-refractivity contribution is 7.91. The van der Waals surface area contributed by atoms with E-state index in [-0.39, 0.29) is 4.90 Å². The van der Waals surface area contributed by atoms with Gasteiger partial charge in [-0.3, -0.25) is 0 Å². The second kappa shape index (κ2) is 4.84. The Morgan fingerprint density at radius 1 is 1.33 bits per heavy atom. The van der Waals surface area contributed by atoms with Crippen LogP contribution in [0.2, 0.25) is 0 Å². The fraction of sp³-hybridized carbons (Fsp3) is 0.500. The Morgan fingerprint density at radius 2 is 1.89 bits per heavy atom. The molecule has 0 amide bonds. The maximum Gasteiger partial charge on any atom is 0.341 e. The van der Waals surface area contributed by atoms with Crippen LogP contribution < -0.4 is 5.32 Å². The normalized spacial score (nSPS) is 23.1. The van der Waals surface area contributed by atoms with E-state index >= 15 is 0 Å². The van der Waals surface area contributed by atoms with E-state index in [0.717, 1.165) is 18.2 Å². The van der Waals surface area contributed by atoms with E-state index in [1.807, 2.05) is 0 Å². The van der Waals surface area contributed by atoms with Gasteiger partial charge in [0.15, 0.2) is 0 Å². The first-order valence-corrected chi connectivity index (χ1v) is 7.32. The predicted molar refractivity (Wildman–Crippen MR) is 65.4 cm³/mol. The highest BCUT2D eigenvalue weighted by Gasteiger charge is 2.32. The summed E-state index contributed by atoms with van der Waals surface area (Å²) in [5, 5.41) is 3.16. The van der Waals surface area contributed by atoms with E-state index < -0.39 is 15.6 Å². The molecule has 1 saturated carbocycles. The third-order valence-electron chi connectivity index (χ3n) is 3.26. The van der Waals surface area contributed by atoms with Crippen LogP contribution in [0.5, 0.6) is 0 Å². The molecule has 0 aromatic heterocycles. The van der Waals surface area contributed by atoms with Crippen LogP contribution in [0.15, 0.2) is 29.2 Å². The molecule has 0 radical (unpaired) electrons. The molecule has 0 heterocycles. The molecule has 0 spiro atoms. The lowest BCUT2D eigenvalue weighted by Gasteiger charge is -2.07. The molecule has 1 aliphatic rings. The average molecular weight is 275 g/mol. The SMILES string of the molecule is CC1CC1CNc1ccc(S(=O)(=O)C(F)F)cc1. The quantitative estimate of drug-likeness (QED) is 0.898. The van der Waals surface area contributed by atoms with Crippen molar-refractivity contribution in [2.75, 3.05) is 11.9 Å². The van der Waals surface area contributed by atoms with Gasteiger partial charge in [0.1, 0.15) is 0 Å². The van der Waals surface area contributed by atoms with Crippen molar-refractivity contribution in [2.45, 2.75) is 24.0 Å². The van der Waals surface area contributed by atoms with Crippen LogP contribution in [0, 0.1) is 11.8 Å². The van der Waals surface area contributed by atoms with Crippen molar-refractivity contribution in [1.29, 1.82) is 0 Å². The van der Waals surface area contributed by atoms with Gasteiger partial charge in [-0.25, -0.2) is 8.42 Å². The molecule has 1 aromatic carbocycles. The second-order valence-corrected chi connectivity index (χ2v) is 6.60. The van der Waals surface area contributed by atoms with Gasteiger partial charge in [-0.15, -0.1) is 0 Å². The molecule has 18 heavy (non-hydrogen) atoms. The lowest BCUT2D eigenvalue weighted by molar-refractivity contribution is 0.234. The molecule has 2 unspecified atom stereocenters. The summed E-state index contributed by atoms with van der Waals surface area (Å²) < 4.78 is 47.0. The molecule has 1 aliphatic carbocycles. The number of alkyl halides is 2. The van der Waals surface area contributed by atoms with E-state index in [1.54, 1.807) is 0 Å². The summed E-state index contributed by atoms with van der Waals surface area (Å²) in [6.45, 7) is 3.01. The molecular formula is C12H15F2NO2S. The van der Waals surface area contributed by atoms with E-state index in [1.165, 1.54) is 30.7 Å². The van der Waals surface area contributed by atoms with Gasteiger partial charge >= 0.3 is 5.76 Å². The molecule has 2 rings (SSSR count). The number of hydrogen-bond acceptors (Lipinski definition) is 3. The summed E-state index contributed by atoms with van der Waals surface area (Å²) in [7, 11) is -4.48. The lowest BCUT2D eigenvalue weighted by Crippen LogP contribution is -2.11. The van der Waals surface area contributed by atoms with Gasteiger partial charge < -0.3 is 5.32 Å². The van der Waals surface area contributed by atoms with Gasteiger partial charge in [-0.05, 0) is 42.5 Å². The smallest absolute Gasteiger partial charge is 0.341 e. The molecule has 1 N–H and O–H groups in total. The third kappa shape index (κ3) is 2.80. The molecular weight excluding hydrogens is 260 g/mol. The number of sulfone groups is 1. The summed E-state index contributed by atoms with van der Waals surface area (Å²) in [5.74, 6) is -1.98. The fourth-order valence-corrected chi connectivity index (χ4v) is 2.52. The largest absolute Gasteiger partial charge is 0.385 e. The van der Waals surface area contributed by atoms with Crippen molar-refractivity contribution in [1.82, 2.24) is 0 Å². The monoisotopic (exact) mass is 275 g/mol. The molecule has 3 nitrogen and oxygen atoms in total. The second-order valence-electron chi connectivity index (χ2n) is 4.68. The molecule has 2 atom stereocenters. The van der Waals surface area contributed by atoms with Crippen molar-refractivity contribution in [3.8, 4) is 0 Å². The van der Waals surface area contributed by atoms with E-state index in [0.29, 0.717) is 5.92 Å². The first-order chi connectivity index (χ1) is 8.41. The Kier molecular flexibility index (Phi) is 3.56. The zero-order valence-electron chi connectivity index (χ0n) is 9.94. The molecule has 1 aromatic rings. The summed E-state index contributed by atoms with van der Waals surface area (Å²) in [6.07, 6.45) is 1.20. The van der Waals surface area contributed by atoms with Gasteiger partial charge in [0.25, 0.3) is 0 Å². The van der Waals surface area contributed by atoms with Gasteiger partial charge in [0.05, 0.1) is 4.90 Å². The minimum atomic E-state index is -4.48. The summed E-state index contributed by atoms with van der Waals surface area (Å²) in [6, 6.07) is 5.45. The maximum atomic E-state index is 12.3. The molecule has 0 aliphatic heterocycles. The molecule has 0 bridgehead atoms.